The molecule has 0 N–H and O–H groups in total. The lowest BCUT2D eigenvalue weighted by molar-refractivity contribution is -0.151. The number of morpholine rings is 1. The summed E-state index contributed by atoms with van der Waals surface area (Å²) >= 11 is 0. The number of benzene rings is 1. The lowest BCUT2D eigenvalue weighted by Crippen LogP contribution is -2.55. The molecule has 0 saturated carbocycles. The Morgan fingerprint density at radius 1 is 1.12 bits per heavy atom. The Bertz CT molecular complexity index is 596. The van der Waals surface area contributed by atoms with Gasteiger partial charge < -0.3 is 19.3 Å². The van der Waals surface area contributed by atoms with E-state index in [2.05, 4.69) is 0 Å². The van der Waals surface area contributed by atoms with E-state index in [4.69, 9.17) is 9.47 Å². The second-order valence-electron chi connectivity index (χ2n) is 6.64. The Balaban J connectivity index is 1.60. The third-order valence-electron chi connectivity index (χ3n) is 4.81. The van der Waals surface area contributed by atoms with Crippen LogP contribution < -0.4 is 4.74 Å². The van der Waals surface area contributed by atoms with Crippen molar-refractivity contribution in [2.45, 2.75) is 32.2 Å². The number of likely N-dealkylation sites (tertiary alicyclic amines) is 1. The highest BCUT2D eigenvalue weighted by Gasteiger charge is 2.35. The number of carbonyl (C=O) groups excluding carboxylic acids is 2. The molecule has 136 valence electrons. The normalized spacial score (nSPS) is 21.1. The largest absolute Gasteiger partial charge is 0.484 e. The van der Waals surface area contributed by atoms with Crippen LogP contribution in [0.15, 0.2) is 24.3 Å². The maximum absolute atomic E-state index is 12.8. The average molecular weight is 346 g/mol. The minimum Gasteiger partial charge on any atom is -0.484 e. The maximum Gasteiger partial charge on any atom is 0.261 e. The third kappa shape index (κ3) is 4.51. The third-order valence-corrected chi connectivity index (χ3v) is 4.81. The van der Waals surface area contributed by atoms with Crippen molar-refractivity contribution in [1.29, 1.82) is 0 Å². The van der Waals surface area contributed by atoms with Crippen LogP contribution in [-0.4, -0.2) is 67.1 Å². The second kappa shape index (κ2) is 8.34. The molecule has 1 atom stereocenters. The van der Waals surface area contributed by atoms with Crippen molar-refractivity contribution in [3.63, 3.8) is 0 Å². The number of carbonyl (C=O) groups is 2. The summed E-state index contributed by atoms with van der Waals surface area (Å²) in [6, 6.07) is 7.25. The summed E-state index contributed by atoms with van der Waals surface area (Å²) in [6.07, 6.45) is 2.64. The van der Waals surface area contributed by atoms with Crippen molar-refractivity contribution < 1.29 is 19.1 Å². The maximum atomic E-state index is 12.8. The minimum absolute atomic E-state index is 0.0318. The van der Waals surface area contributed by atoms with Crippen LogP contribution in [-0.2, 0) is 14.3 Å². The molecular formula is C19H26N2O4. The fraction of sp³-hybridized carbons (Fsp3) is 0.579. The molecule has 1 unspecified atom stereocenters. The Morgan fingerprint density at radius 2 is 1.84 bits per heavy atom. The Hall–Kier alpha value is -2.08. The van der Waals surface area contributed by atoms with Crippen molar-refractivity contribution in [3.05, 3.63) is 29.8 Å². The zero-order valence-corrected chi connectivity index (χ0v) is 14.8. The Kier molecular flexibility index (Phi) is 5.91. The first-order valence-electron chi connectivity index (χ1n) is 9.00. The van der Waals surface area contributed by atoms with E-state index in [0.29, 0.717) is 38.6 Å². The molecule has 1 aromatic rings. The molecule has 0 radical (unpaired) electrons. The monoisotopic (exact) mass is 346 g/mol. The first-order valence-corrected chi connectivity index (χ1v) is 9.00. The average Bonchev–Trinajstić information content (AvgIpc) is 2.67. The van der Waals surface area contributed by atoms with Gasteiger partial charge in [0, 0.05) is 19.6 Å². The van der Waals surface area contributed by atoms with Gasteiger partial charge in [-0.25, -0.2) is 0 Å². The van der Waals surface area contributed by atoms with Gasteiger partial charge in [0.15, 0.2) is 6.61 Å². The molecule has 6 heteroatoms. The molecule has 2 aliphatic rings. The number of piperidine rings is 1. The zero-order chi connectivity index (χ0) is 17.6. The van der Waals surface area contributed by atoms with Crippen LogP contribution in [0.25, 0.3) is 0 Å². The van der Waals surface area contributed by atoms with Crippen LogP contribution >= 0.6 is 0 Å². The van der Waals surface area contributed by atoms with Gasteiger partial charge in [-0.1, -0.05) is 17.7 Å². The summed E-state index contributed by atoms with van der Waals surface area (Å²) in [7, 11) is 0. The van der Waals surface area contributed by atoms with E-state index >= 15 is 0 Å². The summed E-state index contributed by atoms with van der Waals surface area (Å²) in [5.74, 6) is 0.602. The Labute approximate surface area is 148 Å². The van der Waals surface area contributed by atoms with Gasteiger partial charge in [-0.2, -0.15) is 0 Å². The number of hydrogen-bond donors (Lipinski definition) is 0. The predicted molar refractivity (Wildman–Crippen MR) is 93.4 cm³/mol. The Morgan fingerprint density at radius 3 is 2.56 bits per heavy atom. The lowest BCUT2D eigenvalue weighted by atomic mass is 10.0. The first-order chi connectivity index (χ1) is 12.1. The van der Waals surface area contributed by atoms with Crippen LogP contribution in [0.5, 0.6) is 5.75 Å². The summed E-state index contributed by atoms with van der Waals surface area (Å²) in [5.41, 5.74) is 1.14. The molecule has 0 spiro atoms. The highest BCUT2D eigenvalue weighted by Crippen LogP contribution is 2.20. The van der Waals surface area contributed by atoms with Gasteiger partial charge in [0.1, 0.15) is 11.8 Å². The van der Waals surface area contributed by atoms with Crippen LogP contribution in [0.3, 0.4) is 0 Å². The molecule has 3 rings (SSSR count). The summed E-state index contributed by atoms with van der Waals surface area (Å²) in [4.78, 5) is 29.0. The molecule has 0 aromatic heterocycles. The van der Waals surface area contributed by atoms with Crippen LogP contribution in [0.1, 0.15) is 24.8 Å². The van der Waals surface area contributed by atoms with Gasteiger partial charge in [0.05, 0.1) is 13.2 Å². The number of nitrogens with zero attached hydrogens (tertiary/aromatic N) is 2. The van der Waals surface area contributed by atoms with Crippen LogP contribution in [0.2, 0.25) is 0 Å². The SMILES string of the molecule is Cc1ccc(OCC(=O)N2CCCCC2C(=O)N2CCOCC2)cc1. The van der Waals surface area contributed by atoms with E-state index in [1.807, 2.05) is 36.1 Å². The fourth-order valence-electron chi connectivity index (χ4n) is 3.34. The van der Waals surface area contributed by atoms with Gasteiger partial charge in [0.25, 0.3) is 5.91 Å². The first kappa shape index (κ1) is 17.7. The molecule has 2 amide bonds. The highest BCUT2D eigenvalue weighted by atomic mass is 16.5. The number of hydrogen-bond acceptors (Lipinski definition) is 4. The fourth-order valence-corrected chi connectivity index (χ4v) is 3.34. The molecule has 2 heterocycles. The van der Waals surface area contributed by atoms with E-state index in [1.165, 1.54) is 0 Å². The summed E-state index contributed by atoms with van der Waals surface area (Å²) in [5, 5.41) is 0. The number of rotatable bonds is 4. The molecule has 2 aliphatic heterocycles. The zero-order valence-electron chi connectivity index (χ0n) is 14.8. The van der Waals surface area contributed by atoms with Gasteiger partial charge in [-0.3, -0.25) is 9.59 Å². The summed E-state index contributed by atoms with van der Waals surface area (Å²) in [6.45, 7) is 4.96. The van der Waals surface area contributed by atoms with E-state index in [1.54, 1.807) is 4.90 Å². The second-order valence-corrected chi connectivity index (χ2v) is 6.64. The van der Waals surface area contributed by atoms with Gasteiger partial charge in [-0.15, -0.1) is 0 Å². The lowest BCUT2D eigenvalue weighted by Gasteiger charge is -2.38. The quantitative estimate of drug-likeness (QED) is 0.831. The van der Waals surface area contributed by atoms with Crippen LogP contribution in [0, 0.1) is 6.92 Å². The van der Waals surface area contributed by atoms with Gasteiger partial charge in [-0.05, 0) is 38.3 Å². The standard InChI is InChI=1S/C19H26N2O4/c1-15-5-7-16(8-6-15)25-14-18(22)21-9-3-2-4-17(21)19(23)20-10-12-24-13-11-20/h5-8,17H,2-4,9-14H2,1H3. The van der Waals surface area contributed by atoms with E-state index in [0.717, 1.165) is 24.8 Å². The number of amides is 2. The molecular weight excluding hydrogens is 320 g/mol. The van der Waals surface area contributed by atoms with Crippen molar-refractivity contribution in [2.75, 3.05) is 39.5 Å². The van der Waals surface area contributed by atoms with E-state index < -0.39 is 0 Å². The molecule has 2 fully saturated rings. The molecule has 25 heavy (non-hydrogen) atoms. The van der Waals surface area contributed by atoms with E-state index in [-0.39, 0.29) is 24.5 Å². The molecule has 0 aliphatic carbocycles. The minimum atomic E-state index is -0.360. The van der Waals surface area contributed by atoms with Crippen molar-refractivity contribution in [1.82, 2.24) is 9.80 Å². The number of aryl methyl sites for hydroxylation is 1. The summed E-state index contributed by atoms with van der Waals surface area (Å²) < 4.78 is 10.9. The van der Waals surface area contributed by atoms with Crippen molar-refractivity contribution in [2.24, 2.45) is 0 Å². The predicted octanol–water partition coefficient (Wildman–Crippen LogP) is 1.61. The van der Waals surface area contributed by atoms with Gasteiger partial charge in [0.2, 0.25) is 5.91 Å². The molecule has 6 nitrogen and oxygen atoms in total. The highest BCUT2D eigenvalue weighted by molar-refractivity contribution is 5.88. The molecule has 1 aromatic carbocycles. The van der Waals surface area contributed by atoms with Crippen LogP contribution in [0.4, 0.5) is 0 Å². The van der Waals surface area contributed by atoms with Crippen molar-refractivity contribution >= 4 is 11.8 Å². The molecule has 0 bridgehead atoms. The van der Waals surface area contributed by atoms with Gasteiger partial charge >= 0.3 is 0 Å². The van der Waals surface area contributed by atoms with E-state index in [9.17, 15) is 9.59 Å². The number of ether oxygens (including phenoxy) is 2. The molecule has 2 saturated heterocycles. The van der Waals surface area contributed by atoms with Crippen molar-refractivity contribution in [3.8, 4) is 5.75 Å². The smallest absolute Gasteiger partial charge is 0.261 e. The topological polar surface area (TPSA) is 59.1 Å².